The molecule has 1 fully saturated rings. The van der Waals surface area contributed by atoms with Crippen molar-refractivity contribution in [2.45, 2.75) is 32.7 Å². The second-order valence-electron chi connectivity index (χ2n) is 5.54. The number of carbonyl (C=O) groups excluding carboxylic acids is 1. The van der Waals surface area contributed by atoms with Gasteiger partial charge in [-0.05, 0) is 51.5 Å². The summed E-state index contributed by atoms with van der Waals surface area (Å²) < 4.78 is 5.36. The van der Waals surface area contributed by atoms with E-state index >= 15 is 0 Å². The number of nitrogens with zero attached hydrogens (tertiary/aromatic N) is 1. The predicted molar refractivity (Wildman–Crippen MR) is 81.3 cm³/mol. The van der Waals surface area contributed by atoms with Gasteiger partial charge in [-0.25, -0.2) is 0 Å². The monoisotopic (exact) mass is 276 g/mol. The number of hydrogen-bond acceptors (Lipinski definition) is 3. The van der Waals surface area contributed by atoms with Gasteiger partial charge in [-0.2, -0.15) is 0 Å². The van der Waals surface area contributed by atoms with Crippen molar-refractivity contribution >= 4 is 11.6 Å². The molecular weight excluding hydrogens is 252 g/mol. The standard InChI is InChI=1S/C16H24N2O2/c1-4-18(5-2)14-8-6-13(7-9-14)15(19)17-16(3)10-11-20-12-16/h6-9H,4-5,10-12H2,1-3H3,(H,17,19)/t16-/m1/s1. The molecule has 1 aromatic rings. The average Bonchev–Trinajstić information content (AvgIpc) is 2.87. The Bertz CT molecular complexity index is 446. The van der Waals surface area contributed by atoms with E-state index < -0.39 is 0 Å². The Kier molecular flexibility index (Phi) is 4.65. The average molecular weight is 276 g/mol. The maximum Gasteiger partial charge on any atom is 0.251 e. The summed E-state index contributed by atoms with van der Waals surface area (Å²) in [7, 11) is 0. The molecule has 0 saturated carbocycles. The van der Waals surface area contributed by atoms with Crippen molar-refractivity contribution in [3.63, 3.8) is 0 Å². The molecule has 0 aromatic heterocycles. The van der Waals surface area contributed by atoms with Crippen LogP contribution in [-0.4, -0.2) is 37.7 Å². The third-order valence-electron chi connectivity index (χ3n) is 3.89. The highest BCUT2D eigenvalue weighted by Gasteiger charge is 2.31. The fraction of sp³-hybridized carbons (Fsp3) is 0.562. The molecule has 0 bridgehead atoms. The topological polar surface area (TPSA) is 41.6 Å². The van der Waals surface area contributed by atoms with E-state index in [1.807, 2.05) is 31.2 Å². The normalized spacial score (nSPS) is 21.8. The molecule has 1 N–H and O–H groups in total. The zero-order chi connectivity index (χ0) is 14.6. The van der Waals surface area contributed by atoms with Crippen molar-refractivity contribution in [1.82, 2.24) is 5.32 Å². The van der Waals surface area contributed by atoms with Crippen LogP contribution in [-0.2, 0) is 4.74 Å². The highest BCUT2D eigenvalue weighted by atomic mass is 16.5. The molecular formula is C16H24N2O2. The first-order valence-corrected chi connectivity index (χ1v) is 7.33. The maximum absolute atomic E-state index is 12.2. The quantitative estimate of drug-likeness (QED) is 0.898. The van der Waals surface area contributed by atoms with E-state index in [4.69, 9.17) is 4.74 Å². The van der Waals surface area contributed by atoms with Crippen LogP contribution in [0.5, 0.6) is 0 Å². The number of amides is 1. The van der Waals surface area contributed by atoms with Crippen LogP contribution >= 0.6 is 0 Å². The van der Waals surface area contributed by atoms with Crippen molar-refractivity contribution in [1.29, 1.82) is 0 Å². The third-order valence-corrected chi connectivity index (χ3v) is 3.89. The number of nitrogens with one attached hydrogen (secondary N) is 1. The Morgan fingerprint density at radius 2 is 1.95 bits per heavy atom. The van der Waals surface area contributed by atoms with E-state index in [9.17, 15) is 4.79 Å². The SMILES string of the molecule is CCN(CC)c1ccc(C(=O)N[C@]2(C)CCOC2)cc1. The van der Waals surface area contributed by atoms with E-state index in [1.54, 1.807) is 0 Å². The first kappa shape index (κ1) is 14.9. The van der Waals surface area contributed by atoms with Gasteiger partial charge in [-0.15, -0.1) is 0 Å². The molecule has 1 aromatic carbocycles. The number of anilines is 1. The van der Waals surface area contributed by atoms with Crippen LogP contribution in [0.4, 0.5) is 5.69 Å². The number of carbonyl (C=O) groups is 1. The lowest BCUT2D eigenvalue weighted by Gasteiger charge is -2.24. The van der Waals surface area contributed by atoms with Gasteiger partial charge in [0.1, 0.15) is 0 Å². The first-order valence-electron chi connectivity index (χ1n) is 7.33. The summed E-state index contributed by atoms with van der Waals surface area (Å²) in [5.41, 5.74) is 1.63. The zero-order valence-corrected chi connectivity index (χ0v) is 12.6. The Hall–Kier alpha value is -1.55. The smallest absolute Gasteiger partial charge is 0.251 e. The number of rotatable bonds is 5. The van der Waals surface area contributed by atoms with Crippen molar-refractivity contribution in [3.05, 3.63) is 29.8 Å². The minimum absolute atomic E-state index is 0.0240. The molecule has 1 aliphatic rings. The Morgan fingerprint density at radius 3 is 2.45 bits per heavy atom. The molecule has 4 heteroatoms. The lowest BCUT2D eigenvalue weighted by Crippen LogP contribution is -2.46. The summed E-state index contributed by atoms with van der Waals surface area (Å²) in [6.45, 7) is 9.54. The molecule has 1 atom stereocenters. The molecule has 1 amide bonds. The van der Waals surface area contributed by atoms with Crippen LogP contribution in [0.3, 0.4) is 0 Å². The summed E-state index contributed by atoms with van der Waals surface area (Å²) >= 11 is 0. The Labute approximate surface area is 121 Å². The summed E-state index contributed by atoms with van der Waals surface area (Å²) in [5.74, 6) is -0.0240. The molecule has 2 rings (SSSR count). The molecule has 4 nitrogen and oxygen atoms in total. The fourth-order valence-electron chi connectivity index (χ4n) is 2.52. The van der Waals surface area contributed by atoms with E-state index in [0.29, 0.717) is 12.2 Å². The molecule has 0 aliphatic carbocycles. The fourth-order valence-corrected chi connectivity index (χ4v) is 2.52. The van der Waals surface area contributed by atoms with Gasteiger partial charge in [0.2, 0.25) is 0 Å². The molecule has 20 heavy (non-hydrogen) atoms. The van der Waals surface area contributed by atoms with Gasteiger partial charge < -0.3 is 15.0 Å². The largest absolute Gasteiger partial charge is 0.379 e. The van der Waals surface area contributed by atoms with Crippen LogP contribution in [0, 0.1) is 0 Å². The summed E-state index contributed by atoms with van der Waals surface area (Å²) in [5, 5.41) is 3.07. The Balaban J connectivity index is 2.04. The van der Waals surface area contributed by atoms with Gasteiger partial charge in [-0.1, -0.05) is 0 Å². The lowest BCUT2D eigenvalue weighted by molar-refractivity contribution is 0.0890. The van der Waals surface area contributed by atoms with E-state index in [0.717, 1.165) is 31.8 Å². The van der Waals surface area contributed by atoms with Gasteiger partial charge in [-0.3, -0.25) is 4.79 Å². The first-order chi connectivity index (χ1) is 9.58. The second-order valence-corrected chi connectivity index (χ2v) is 5.54. The van der Waals surface area contributed by atoms with Crippen LogP contribution in [0.25, 0.3) is 0 Å². The van der Waals surface area contributed by atoms with Crippen molar-refractivity contribution in [3.8, 4) is 0 Å². The number of hydrogen-bond donors (Lipinski definition) is 1. The molecule has 0 spiro atoms. The number of benzene rings is 1. The van der Waals surface area contributed by atoms with Gasteiger partial charge in [0.25, 0.3) is 5.91 Å². The zero-order valence-electron chi connectivity index (χ0n) is 12.6. The minimum atomic E-state index is -0.228. The van der Waals surface area contributed by atoms with Crippen molar-refractivity contribution in [2.24, 2.45) is 0 Å². The van der Waals surface area contributed by atoms with Gasteiger partial charge in [0.05, 0.1) is 12.1 Å². The molecule has 1 heterocycles. The lowest BCUT2D eigenvalue weighted by atomic mass is 10.0. The van der Waals surface area contributed by atoms with Gasteiger partial charge in [0.15, 0.2) is 0 Å². The molecule has 1 saturated heterocycles. The minimum Gasteiger partial charge on any atom is -0.379 e. The van der Waals surface area contributed by atoms with E-state index in [-0.39, 0.29) is 11.4 Å². The van der Waals surface area contributed by atoms with Gasteiger partial charge >= 0.3 is 0 Å². The highest BCUT2D eigenvalue weighted by Crippen LogP contribution is 2.19. The van der Waals surface area contributed by atoms with Crippen LogP contribution in [0.2, 0.25) is 0 Å². The summed E-state index contributed by atoms with van der Waals surface area (Å²) in [6.07, 6.45) is 0.871. The van der Waals surface area contributed by atoms with Crippen LogP contribution in [0.1, 0.15) is 37.6 Å². The maximum atomic E-state index is 12.2. The molecule has 0 unspecified atom stereocenters. The molecule has 110 valence electrons. The third kappa shape index (κ3) is 3.31. The van der Waals surface area contributed by atoms with Crippen molar-refractivity contribution in [2.75, 3.05) is 31.2 Å². The van der Waals surface area contributed by atoms with E-state index in [2.05, 4.69) is 24.1 Å². The second kappa shape index (κ2) is 6.27. The molecule has 1 aliphatic heterocycles. The molecule has 0 radical (unpaired) electrons. The van der Waals surface area contributed by atoms with Crippen LogP contribution < -0.4 is 10.2 Å². The van der Waals surface area contributed by atoms with E-state index in [1.165, 1.54) is 0 Å². The summed E-state index contributed by atoms with van der Waals surface area (Å²) in [6, 6.07) is 7.80. The van der Waals surface area contributed by atoms with Gasteiger partial charge in [0, 0.05) is 30.9 Å². The number of ether oxygens (including phenoxy) is 1. The van der Waals surface area contributed by atoms with Crippen molar-refractivity contribution < 1.29 is 9.53 Å². The highest BCUT2D eigenvalue weighted by molar-refractivity contribution is 5.95. The van der Waals surface area contributed by atoms with Crippen LogP contribution in [0.15, 0.2) is 24.3 Å². The Morgan fingerprint density at radius 1 is 1.30 bits per heavy atom. The predicted octanol–water partition coefficient (Wildman–Crippen LogP) is 2.44. The summed E-state index contributed by atoms with van der Waals surface area (Å²) in [4.78, 5) is 14.5.